The van der Waals surface area contributed by atoms with Gasteiger partial charge >= 0.3 is 0 Å². The quantitative estimate of drug-likeness (QED) is 0.831. The highest BCUT2D eigenvalue weighted by Crippen LogP contribution is 2.58. The molecule has 0 saturated carbocycles. The lowest BCUT2D eigenvalue weighted by molar-refractivity contribution is 0.160. The third-order valence-corrected chi connectivity index (χ3v) is 6.43. The van der Waals surface area contributed by atoms with Crippen molar-refractivity contribution in [1.29, 1.82) is 15.8 Å². The Kier molecular flexibility index (Phi) is 3.81. The monoisotopic (exact) mass is 359 g/mol. The maximum atomic E-state index is 14.0. The zero-order chi connectivity index (χ0) is 19.3. The van der Waals surface area contributed by atoms with E-state index in [2.05, 4.69) is 23.1 Å². The maximum Gasteiger partial charge on any atom is 0.191 e. The van der Waals surface area contributed by atoms with Crippen molar-refractivity contribution in [2.75, 3.05) is 7.05 Å². The Morgan fingerprint density at radius 3 is 2.59 bits per heavy atom. The molecular weight excluding hydrogens is 341 g/mol. The Hall–Kier alpha value is -3.14. The van der Waals surface area contributed by atoms with Crippen LogP contribution in [0.25, 0.3) is 0 Å². The van der Waals surface area contributed by atoms with E-state index in [4.69, 9.17) is 5.73 Å². The Morgan fingerprint density at radius 2 is 1.96 bits per heavy atom. The Labute approximate surface area is 157 Å². The van der Waals surface area contributed by atoms with Gasteiger partial charge < -0.3 is 5.73 Å². The Morgan fingerprint density at radius 1 is 1.22 bits per heavy atom. The number of hydrogen-bond donors (Lipinski definition) is 1. The van der Waals surface area contributed by atoms with E-state index in [1.54, 1.807) is 12.1 Å². The van der Waals surface area contributed by atoms with Crippen molar-refractivity contribution in [3.05, 3.63) is 58.6 Å². The lowest BCUT2D eigenvalue weighted by Gasteiger charge is -2.48. The third-order valence-electron chi connectivity index (χ3n) is 6.43. The van der Waals surface area contributed by atoms with Crippen molar-refractivity contribution < 1.29 is 4.39 Å². The van der Waals surface area contributed by atoms with E-state index in [9.17, 15) is 20.2 Å². The molecule has 5 nitrogen and oxygen atoms in total. The lowest BCUT2D eigenvalue weighted by atomic mass is 9.56. The molecule has 3 aliphatic rings. The summed E-state index contributed by atoms with van der Waals surface area (Å²) in [6.45, 7) is 0. The predicted molar refractivity (Wildman–Crippen MR) is 95.8 cm³/mol. The van der Waals surface area contributed by atoms with Gasteiger partial charge in [-0.2, -0.15) is 15.8 Å². The fraction of sp³-hybridized carbons (Fsp3) is 0.381. The molecule has 0 amide bonds. The van der Waals surface area contributed by atoms with E-state index >= 15 is 0 Å². The van der Waals surface area contributed by atoms with Gasteiger partial charge in [0, 0.05) is 23.9 Å². The SMILES string of the molecule is CN1[C@H]2C=C3C(C#N)=C(N)C(C#N)(C#N)[C@@H](c4cccc(F)c4)[C@@H]3[C@@H]1CC2. The van der Waals surface area contributed by atoms with Crippen molar-refractivity contribution in [2.45, 2.75) is 30.8 Å². The number of allylic oxidation sites excluding steroid dienone is 2. The molecule has 1 fully saturated rings. The summed E-state index contributed by atoms with van der Waals surface area (Å²) in [5, 5.41) is 29.8. The fourth-order valence-corrected chi connectivity index (χ4v) is 5.16. The van der Waals surface area contributed by atoms with Crippen LogP contribution in [0.1, 0.15) is 24.3 Å². The molecule has 2 heterocycles. The van der Waals surface area contributed by atoms with Crippen LogP contribution >= 0.6 is 0 Å². The second-order valence-corrected chi connectivity index (χ2v) is 7.49. The number of nitrogens with two attached hydrogens (primary N) is 1. The van der Waals surface area contributed by atoms with Crippen LogP contribution in [-0.4, -0.2) is 24.0 Å². The average Bonchev–Trinajstić information content (AvgIpc) is 2.90. The number of hydrogen-bond acceptors (Lipinski definition) is 5. The van der Waals surface area contributed by atoms with E-state index in [0.717, 1.165) is 18.4 Å². The van der Waals surface area contributed by atoms with E-state index in [1.807, 2.05) is 13.1 Å². The molecule has 0 radical (unpaired) electrons. The topological polar surface area (TPSA) is 101 Å². The minimum absolute atomic E-state index is 0.0179. The van der Waals surface area contributed by atoms with Crippen LogP contribution in [0.3, 0.4) is 0 Å². The second-order valence-electron chi connectivity index (χ2n) is 7.49. The molecule has 1 aromatic carbocycles. The van der Waals surface area contributed by atoms with Gasteiger partial charge in [-0.25, -0.2) is 4.39 Å². The molecule has 1 saturated heterocycles. The van der Waals surface area contributed by atoms with Crippen LogP contribution in [-0.2, 0) is 0 Å². The van der Waals surface area contributed by atoms with Gasteiger partial charge in [-0.1, -0.05) is 18.2 Å². The fourth-order valence-electron chi connectivity index (χ4n) is 5.16. The summed E-state index contributed by atoms with van der Waals surface area (Å²) in [5.41, 5.74) is 6.14. The zero-order valence-corrected chi connectivity index (χ0v) is 14.9. The Balaban J connectivity index is 2.06. The first-order chi connectivity index (χ1) is 13.0. The van der Waals surface area contributed by atoms with Crippen LogP contribution in [0.5, 0.6) is 0 Å². The number of nitrogens with zero attached hydrogens (tertiary/aromatic N) is 4. The summed E-state index contributed by atoms with van der Waals surface area (Å²) >= 11 is 0. The van der Waals surface area contributed by atoms with Crippen molar-refractivity contribution in [3.63, 3.8) is 0 Å². The van der Waals surface area contributed by atoms with Crippen molar-refractivity contribution in [3.8, 4) is 18.2 Å². The lowest BCUT2D eigenvalue weighted by Crippen LogP contribution is -2.51. The highest BCUT2D eigenvalue weighted by molar-refractivity contribution is 5.60. The predicted octanol–water partition coefficient (Wildman–Crippen LogP) is 2.71. The molecule has 6 heteroatoms. The van der Waals surface area contributed by atoms with Crippen molar-refractivity contribution in [1.82, 2.24) is 4.90 Å². The molecule has 27 heavy (non-hydrogen) atoms. The van der Waals surface area contributed by atoms with E-state index in [-0.39, 0.29) is 29.3 Å². The molecule has 4 rings (SSSR count). The normalized spacial score (nSPS) is 31.3. The molecule has 4 atom stereocenters. The zero-order valence-electron chi connectivity index (χ0n) is 14.9. The van der Waals surface area contributed by atoms with Crippen LogP contribution in [0.2, 0.25) is 0 Å². The van der Waals surface area contributed by atoms with Crippen LogP contribution in [0.4, 0.5) is 4.39 Å². The number of fused-ring (bicyclic) bond motifs is 4. The first-order valence-electron chi connectivity index (χ1n) is 8.90. The summed E-state index contributed by atoms with van der Waals surface area (Å²) in [7, 11) is 2.02. The van der Waals surface area contributed by atoms with Gasteiger partial charge in [-0.15, -0.1) is 0 Å². The van der Waals surface area contributed by atoms with Gasteiger partial charge in [-0.05, 0) is 43.2 Å². The summed E-state index contributed by atoms with van der Waals surface area (Å²) < 4.78 is 14.0. The Bertz CT molecular complexity index is 989. The molecule has 0 unspecified atom stereocenters. The number of halogens is 1. The second kappa shape index (κ2) is 5.95. The smallest absolute Gasteiger partial charge is 0.191 e. The standard InChI is InChI=1S/C21H18FN5/c1-27-14-5-6-17(27)18-15(8-14)16(9-23)20(26)21(10-24,11-25)19(18)12-3-2-4-13(22)7-12/h2-4,7-8,14,17-19H,5-6,26H2,1H3/t14-,17+,18+,19+/m1/s1. The highest BCUT2D eigenvalue weighted by atomic mass is 19.1. The third kappa shape index (κ3) is 2.16. The molecule has 2 aliphatic heterocycles. The van der Waals surface area contributed by atoms with E-state index < -0.39 is 17.2 Å². The number of nitriles is 3. The van der Waals surface area contributed by atoms with Gasteiger partial charge in [0.05, 0.1) is 23.4 Å². The molecule has 1 aromatic rings. The van der Waals surface area contributed by atoms with Gasteiger partial charge in [0.2, 0.25) is 0 Å². The van der Waals surface area contributed by atoms with Crippen molar-refractivity contribution >= 4 is 0 Å². The van der Waals surface area contributed by atoms with Gasteiger partial charge in [0.1, 0.15) is 11.9 Å². The number of likely N-dealkylation sites (N-methyl/N-ethyl adjacent to an activating group) is 1. The summed E-state index contributed by atoms with van der Waals surface area (Å²) in [6.07, 6.45) is 3.88. The van der Waals surface area contributed by atoms with Gasteiger partial charge in [0.15, 0.2) is 5.41 Å². The van der Waals surface area contributed by atoms with Gasteiger partial charge in [-0.3, -0.25) is 4.90 Å². The molecule has 0 aromatic heterocycles. The minimum Gasteiger partial charge on any atom is -0.399 e. The molecular formula is C21H18FN5. The van der Waals surface area contributed by atoms with Crippen molar-refractivity contribution in [2.24, 2.45) is 17.1 Å². The summed E-state index contributed by atoms with van der Waals surface area (Å²) in [4.78, 5) is 2.23. The number of rotatable bonds is 1. The molecule has 2 N–H and O–H groups in total. The molecule has 1 aliphatic carbocycles. The number of benzene rings is 1. The van der Waals surface area contributed by atoms with E-state index in [0.29, 0.717) is 5.56 Å². The first kappa shape index (κ1) is 17.3. The van der Waals surface area contributed by atoms with Gasteiger partial charge in [0.25, 0.3) is 0 Å². The molecule has 134 valence electrons. The summed E-state index contributed by atoms with van der Waals surface area (Å²) in [6, 6.07) is 12.6. The summed E-state index contributed by atoms with van der Waals surface area (Å²) in [5.74, 6) is -1.33. The van der Waals surface area contributed by atoms with Crippen LogP contribution in [0.15, 0.2) is 47.2 Å². The van der Waals surface area contributed by atoms with Crippen LogP contribution < -0.4 is 5.73 Å². The minimum atomic E-state index is -1.71. The largest absolute Gasteiger partial charge is 0.399 e. The highest BCUT2D eigenvalue weighted by Gasteiger charge is 2.58. The van der Waals surface area contributed by atoms with E-state index in [1.165, 1.54) is 12.1 Å². The average molecular weight is 359 g/mol. The van der Waals surface area contributed by atoms with Crippen LogP contribution in [0, 0.1) is 51.1 Å². The maximum absolute atomic E-state index is 14.0. The molecule has 2 bridgehead atoms. The molecule has 0 spiro atoms. The first-order valence-corrected chi connectivity index (χ1v) is 8.90.